The molecule has 2 aromatic heterocycles. The molecule has 0 aliphatic carbocycles. The fraction of sp³-hybridized carbons (Fsp3) is 0.385. The highest BCUT2D eigenvalue weighted by molar-refractivity contribution is 6.45. The molecule has 4 amide bonds. The molecule has 0 spiro atoms. The monoisotopic (exact) mass is 1280 g/mol. The Balaban J connectivity index is 0.000000178. The van der Waals surface area contributed by atoms with Gasteiger partial charge in [0.15, 0.2) is 0 Å². The van der Waals surface area contributed by atoms with Gasteiger partial charge in [-0.15, -0.1) is 0 Å². The van der Waals surface area contributed by atoms with E-state index in [4.69, 9.17) is 15.3 Å². The van der Waals surface area contributed by atoms with Gasteiger partial charge >= 0.3 is 11.9 Å². The zero-order valence-electron chi connectivity index (χ0n) is 51.6. The first-order valence-corrected chi connectivity index (χ1v) is 30.0. The van der Waals surface area contributed by atoms with Crippen LogP contribution in [0.3, 0.4) is 0 Å². The number of amides is 4. The van der Waals surface area contributed by atoms with Crippen LogP contribution in [0.4, 0.5) is 27.6 Å². The summed E-state index contributed by atoms with van der Waals surface area (Å²) in [4.78, 5) is 107. The number of ketones is 2. The molecule has 4 saturated heterocycles. The Morgan fingerprint density at radius 2 is 1.05 bits per heavy atom. The molecule has 92 heavy (non-hydrogen) atoms. The second-order valence-electron chi connectivity index (χ2n) is 23.5. The van der Waals surface area contributed by atoms with E-state index in [0.717, 1.165) is 42.9 Å². The number of hydrogen-bond acceptors (Lipinski definition) is 15. The SMILES string of the molecule is COc1cc2[nH]cc(C(=O)C(=O)N3CCCC3)c2cc1C(=O)N1C[C@H](C)N(Cc2ccc(F)cc2)C[C@H]1C.COc1cc2c(cc1C(=O)N1C[C@H](C)N(Cc3ccc(F)cc3)C[C@H]1C)c(C(=O)C(=O)N1CCCC1)cn2N.NOc1ccc(C(F)(F)F)cc1[N+](=O)[O-]. The highest BCUT2D eigenvalue weighted by atomic mass is 19.4. The van der Waals surface area contributed by atoms with E-state index in [9.17, 15) is 60.8 Å². The van der Waals surface area contributed by atoms with E-state index in [-0.39, 0.29) is 58.7 Å². The van der Waals surface area contributed by atoms with Gasteiger partial charge in [-0.05, 0) is 113 Å². The number of ether oxygens (including phenoxy) is 2. The second-order valence-corrected chi connectivity index (χ2v) is 23.5. The Bertz CT molecular complexity index is 3900. The number of rotatable bonds is 14. The minimum absolute atomic E-state index is 0.0604. The number of nitrogens with zero attached hydrogens (tertiary/aromatic N) is 8. The number of alkyl halides is 3. The van der Waals surface area contributed by atoms with Gasteiger partial charge in [0.25, 0.3) is 35.2 Å². The first-order valence-electron chi connectivity index (χ1n) is 30.0. The van der Waals surface area contributed by atoms with Gasteiger partial charge in [0, 0.05) is 136 Å². The van der Waals surface area contributed by atoms with E-state index < -0.39 is 51.5 Å². The number of halogens is 5. The molecular weight excluding hydrogens is 1210 g/mol. The average molecular weight is 1280 g/mol. The normalized spacial score (nSPS) is 18.7. The zero-order chi connectivity index (χ0) is 66.5. The number of fused-ring (bicyclic) bond motifs is 2. The van der Waals surface area contributed by atoms with Gasteiger partial charge in [0.1, 0.15) is 23.1 Å². The smallest absolute Gasteiger partial charge is 0.416 e. The summed E-state index contributed by atoms with van der Waals surface area (Å²) in [5.41, 5.74) is 2.29. The maximum Gasteiger partial charge on any atom is 0.416 e. The molecular formula is C65H72F5N11O11. The van der Waals surface area contributed by atoms with Crippen molar-refractivity contribution in [2.75, 3.05) is 72.4 Å². The molecule has 7 aromatic rings. The van der Waals surface area contributed by atoms with Crippen molar-refractivity contribution in [1.82, 2.24) is 39.1 Å². The number of piperazine rings is 2. The van der Waals surface area contributed by atoms with Crippen molar-refractivity contribution >= 4 is 62.7 Å². The fourth-order valence-electron chi connectivity index (χ4n) is 12.1. The number of nitrogen functional groups attached to an aromatic ring is 1. The molecule has 22 nitrogen and oxygen atoms in total. The van der Waals surface area contributed by atoms with Gasteiger partial charge in [0.2, 0.25) is 5.75 Å². The minimum atomic E-state index is -4.64. The Labute approximate surface area is 526 Å². The first kappa shape index (κ1) is 66.9. The maximum absolute atomic E-state index is 13.9. The van der Waals surface area contributed by atoms with Crippen LogP contribution < -0.4 is 26.1 Å². The topological polar surface area (TPSA) is 265 Å². The van der Waals surface area contributed by atoms with Crippen molar-refractivity contribution < 1.29 is 70.0 Å². The highest BCUT2D eigenvalue weighted by Gasteiger charge is 2.38. The van der Waals surface area contributed by atoms with Crippen LogP contribution >= 0.6 is 0 Å². The van der Waals surface area contributed by atoms with E-state index >= 15 is 0 Å². The number of carbonyl (C=O) groups excluding carboxylic acids is 6. The van der Waals surface area contributed by atoms with Crippen LogP contribution in [0.1, 0.15) is 112 Å². The van der Waals surface area contributed by atoms with E-state index in [2.05, 4.69) is 39.4 Å². The van der Waals surface area contributed by atoms with E-state index in [0.29, 0.717) is 122 Å². The molecule has 0 unspecified atom stereocenters. The van der Waals surface area contributed by atoms with Gasteiger partial charge in [-0.1, -0.05) is 24.3 Å². The number of methoxy groups -OCH3 is 2. The summed E-state index contributed by atoms with van der Waals surface area (Å²) < 4.78 is 75.6. The van der Waals surface area contributed by atoms with Crippen molar-refractivity contribution in [3.63, 3.8) is 0 Å². The molecule has 5 aromatic carbocycles. The molecule has 4 aliphatic heterocycles. The zero-order valence-corrected chi connectivity index (χ0v) is 51.6. The highest BCUT2D eigenvalue weighted by Crippen LogP contribution is 2.37. The number of hydrogen-bond donors (Lipinski definition) is 3. The van der Waals surface area contributed by atoms with Crippen molar-refractivity contribution in [2.45, 2.75) is 96.8 Å². The summed E-state index contributed by atoms with van der Waals surface area (Å²) in [6, 6.07) is 21.4. The fourth-order valence-corrected chi connectivity index (χ4v) is 12.1. The summed E-state index contributed by atoms with van der Waals surface area (Å²) in [6.07, 6.45) is 1.88. The van der Waals surface area contributed by atoms with Crippen LogP contribution in [0, 0.1) is 21.7 Å². The molecule has 6 heterocycles. The van der Waals surface area contributed by atoms with Gasteiger partial charge < -0.3 is 44.7 Å². The van der Waals surface area contributed by atoms with Crippen LogP contribution in [0.2, 0.25) is 0 Å². The van der Waals surface area contributed by atoms with E-state index in [1.807, 2.05) is 23.6 Å². The molecule has 27 heteroatoms. The summed E-state index contributed by atoms with van der Waals surface area (Å²) in [5, 5.41) is 11.3. The Morgan fingerprint density at radius 1 is 0.598 bits per heavy atom. The summed E-state index contributed by atoms with van der Waals surface area (Å²) in [7, 11) is 2.99. The van der Waals surface area contributed by atoms with Crippen molar-refractivity contribution in [3.8, 4) is 17.2 Å². The van der Waals surface area contributed by atoms with Crippen molar-refractivity contribution in [1.29, 1.82) is 0 Å². The summed E-state index contributed by atoms with van der Waals surface area (Å²) in [6.45, 7) is 14.1. The number of carbonyl (C=O) groups is 6. The van der Waals surface area contributed by atoms with Crippen LogP contribution in [0.15, 0.2) is 103 Å². The lowest BCUT2D eigenvalue weighted by Gasteiger charge is -2.44. The maximum atomic E-state index is 13.9. The minimum Gasteiger partial charge on any atom is -0.496 e. The molecule has 4 atom stereocenters. The number of nitro benzene ring substituents is 1. The Morgan fingerprint density at radius 3 is 1.50 bits per heavy atom. The van der Waals surface area contributed by atoms with E-state index in [1.165, 1.54) is 55.6 Å². The average Bonchev–Trinajstić information content (AvgIpc) is 1.54. The summed E-state index contributed by atoms with van der Waals surface area (Å²) in [5.74, 6) is 7.94. The van der Waals surface area contributed by atoms with Crippen LogP contribution in [-0.4, -0.2) is 170 Å². The molecule has 0 radical (unpaired) electrons. The van der Waals surface area contributed by atoms with Crippen molar-refractivity contribution in [3.05, 3.63) is 164 Å². The van der Waals surface area contributed by atoms with Crippen LogP contribution in [0.25, 0.3) is 21.8 Å². The molecule has 11 rings (SSSR count). The lowest BCUT2D eigenvalue weighted by atomic mass is 10.0. The van der Waals surface area contributed by atoms with E-state index in [1.54, 1.807) is 58.3 Å². The number of nitro groups is 1. The van der Waals surface area contributed by atoms with Gasteiger partial charge in [0.05, 0.1) is 52.5 Å². The first-order chi connectivity index (χ1) is 43.8. The van der Waals surface area contributed by atoms with Crippen molar-refractivity contribution in [2.24, 2.45) is 5.90 Å². The standard InChI is InChI=1S/C29H34FN5O4.C29H33FN4O4.C7H5F3N2O3/c1-18-15-34(19(2)14-33(18)16-20-6-8-21(30)9-7-20)28(37)23-12-22-24(17-35(31)25(22)13-26(23)39-3)27(36)29(38)32-10-4-5-11-32;1-18-16-34(19(2)15-33(18)17-20-6-8-21(30)9-7-20)28(36)23-12-22-24(14-31-25(22)13-26(23)38-3)27(35)29(37)32-10-4-5-11-32;8-7(9,10)4-1-2-6(15-11)5(3-4)12(13)14/h6-9,12-13,17-19H,4-5,10-11,14-16,31H2,1-3H3;6-9,12-14,18-19,31H,4-5,10-11,15-17H2,1-3H3;1-3H,11H2/t2*18-,19+;/m00./s1. The van der Waals surface area contributed by atoms with Crippen LogP contribution in [-0.2, 0) is 28.9 Å². The molecule has 5 N–H and O–H groups in total. The number of aromatic amines is 1. The third kappa shape index (κ3) is 14.6. The van der Waals surface area contributed by atoms with Gasteiger partial charge in [-0.25, -0.2) is 8.78 Å². The number of likely N-dealkylation sites (tertiary alicyclic amines) is 2. The number of H-pyrrole nitrogens is 1. The molecule has 0 bridgehead atoms. The number of aromatic nitrogens is 2. The lowest BCUT2D eigenvalue weighted by Crippen LogP contribution is -2.57. The number of benzene rings is 5. The predicted octanol–water partition coefficient (Wildman–Crippen LogP) is 8.76. The largest absolute Gasteiger partial charge is 0.496 e. The third-order valence-corrected chi connectivity index (χ3v) is 17.2. The Kier molecular flexibility index (Phi) is 20.6. The Hall–Kier alpha value is -9.47. The molecule has 488 valence electrons. The molecule has 0 saturated carbocycles. The number of Topliss-reactive ketones (excluding diaryl/α,β-unsaturated/α-hetero) is 2. The molecule has 4 aliphatic rings. The quantitative estimate of drug-likeness (QED) is 0.0229. The van der Waals surface area contributed by atoms with Gasteiger partial charge in [-0.3, -0.25) is 53.4 Å². The number of nitrogens with one attached hydrogen (secondary N) is 1. The summed E-state index contributed by atoms with van der Waals surface area (Å²) >= 11 is 0. The third-order valence-electron chi connectivity index (χ3n) is 17.2. The second kappa shape index (κ2) is 28.4. The molecule has 4 fully saturated rings. The van der Waals surface area contributed by atoms with Gasteiger partial charge in [-0.2, -0.15) is 19.1 Å². The lowest BCUT2D eigenvalue weighted by molar-refractivity contribution is -0.386. The predicted molar refractivity (Wildman–Crippen MR) is 330 cm³/mol. The van der Waals surface area contributed by atoms with Crippen LogP contribution in [0.5, 0.6) is 17.2 Å². The number of nitrogens with two attached hydrogens (primary N) is 2.